The minimum Gasteiger partial charge on any atom is -0.477 e. The number of amides is 1. The van der Waals surface area contributed by atoms with Gasteiger partial charge in [0.25, 0.3) is 5.79 Å². The molecule has 0 bridgehead atoms. The predicted octanol–water partition coefficient (Wildman–Crippen LogP) is 0.602. The summed E-state index contributed by atoms with van der Waals surface area (Å²) in [7, 11) is 0. The summed E-state index contributed by atoms with van der Waals surface area (Å²) in [5.74, 6) is -1.55. The van der Waals surface area contributed by atoms with Crippen LogP contribution >= 0.6 is 11.8 Å². The normalized spacial score (nSPS) is 31.7. The lowest BCUT2D eigenvalue weighted by Crippen LogP contribution is -2.63. The largest absolute Gasteiger partial charge is 0.477 e. The second-order valence-electron chi connectivity index (χ2n) is 5.28. The molecule has 1 aliphatic rings. The second kappa shape index (κ2) is 8.71. The van der Waals surface area contributed by atoms with E-state index in [1.54, 1.807) is 18.7 Å². The third-order valence-electron chi connectivity index (χ3n) is 3.44. The van der Waals surface area contributed by atoms with Crippen molar-refractivity contribution in [1.29, 1.82) is 0 Å². The van der Waals surface area contributed by atoms with E-state index in [0.717, 1.165) is 11.5 Å². The van der Waals surface area contributed by atoms with Crippen molar-refractivity contribution in [2.24, 2.45) is 0 Å². The zero-order chi connectivity index (χ0) is 16.8. The fourth-order valence-electron chi connectivity index (χ4n) is 2.42. The van der Waals surface area contributed by atoms with E-state index in [0.29, 0.717) is 6.42 Å². The highest BCUT2D eigenvalue weighted by atomic mass is 32.2. The number of aliphatic carboxylic acids is 1. The number of aliphatic hydroxyl groups excluding tert-OH is 1. The van der Waals surface area contributed by atoms with Gasteiger partial charge in [0.1, 0.15) is 0 Å². The maximum absolute atomic E-state index is 11.6. The van der Waals surface area contributed by atoms with E-state index < -0.39 is 30.0 Å². The van der Waals surface area contributed by atoms with Gasteiger partial charge in [0.15, 0.2) is 0 Å². The molecule has 7 nitrogen and oxygen atoms in total. The van der Waals surface area contributed by atoms with Crippen LogP contribution in [-0.2, 0) is 19.1 Å². The Morgan fingerprint density at radius 1 is 1.50 bits per heavy atom. The first-order valence-corrected chi connectivity index (χ1v) is 8.56. The molecule has 0 spiro atoms. The number of aliphatic hydroxyl groups is 1. The maximum atomic E-state index is 11.6. The average molecular weight is 335 g/mol. The molecule has 1 unspecified atom stereocenters. The predicted molar refractivity (Wildman–Crippen MR) is 82.7 cm³/mol. The van der Waals surface area contributed by atoms with Crippen LogP contribution in [0.1, 0.15) is 33.6 Å². The first kappa shape index (κ1) is 19.2. The second-order valence-corrected chi connectivity index (χ2v) is 6.67. The summed E-state index contributed by atoms with van der Waals surface area (Å²) >= 11 is 1.75. The van der Waals surface area contributed by atoms with Crippen LogP contribution in [0, 0.1) is 0 Å². The summed E-state index contributed by atoms with van der Waals surface area (Å²) in [4.78, 5) is 22.7. The number of nitrogens with one attached hydrogen (secondary N) is 1. The SMILES string of the molecule is CCSCCCO[C@]1(C(=O)O)C[C@H](O)C(NC(C)=O)[C@H](C)O1. The molecule has 8 heteroatoms. The van der Waals surface area contributed by atoms with Gasteiger partial charge < -0.3 is 25.0 Å². The molecule has 1 heterocycles. The van der Waals surface area contributed by atoms with E-state index in [4.69, 9.17) is 9.47 Å². The van der Waals surface area contributed by atoms with E-state index >= 15 is 0 Å². The summed E-state index contributed by atoms with van der Waals surface area (Å²) in [6, 6.07) is -0.649. The molecule has 0 aromatic carbocycles. The van der Waals surface area contributed by atoms with Gasteiger partial charge in [-0.2, -0.15) is 11.8 Å². The van der Waals surface area contributed by atoms with Gasteiger partial charge >= 0.3 is 5.97 Å². The van der Waals surface area contributed by atoms with Gasteiger partial charge in [-0.15, -0.1) is 0 Å². The minimum atomic E-state index is -1.86. The van der Waals surface area contributed by atoms with Gasteiger partial charge in [0.2, 0.25) is 5.91 Å². The number of carboxylic acids is 1. The molecule has 0 aliphatic carbocycles. The van der Waals surface area contributed by atoms with Gasteiger partial charge in [-0.05, 0) is 24.9 Å². The standard InChI is InChI=1S/C14H25NO6S/c1-4-22-7-5-6-20-14(13(18)19)8-11(17)12(9(2)21-14)15-10(3)16/h9,11-12,17H,4-8H2,1-3H3,(H,15,16)(H,18,19)/t9-,11-,12?,14+/m0/s1. The Labute approximate surface area is 134 Å². The molecule has 0 radical (unpaired) electrons. The van der Waals surface area contributed by atoms with E-state index in [1.165, 1.54) is 6.92 Å². The number of carbonyl (C=O) groups is 2. The fraction of sp³-hybridized carbons (Fsp3) is 0.857. The van der Waals surface area contributed by atoms with Crippen molar-refractivity contribution in [3.63, 3.8) is 0 Å². The molecule has 4 atom stereocenters. The summed E-state index contributed by atoms with van der Waals surface area (Å²) in [5, 5.41) is 22.2. The zero-order valence-electron chi connectivity index (χ0n) is 13.2. The number of ether oxygens (including phenoxy) is 2. The molecular formula is C14H25NO6S. The van der Waals surface area contributed by atoms with Gasteiger partial charge in [-0.1, -0.05) is 6.92 Å². The molecule has 1 rings (SSSR count). The molecule has 1 aliphatic heterocycles. The molecule has 0 saturated carbocycles. The number of carbonyl (C=O) groups excluding carboxylic acids is 1. The van der Waals surface area contributed by atoms with Crippen LogP contribution < -0.4 is 5.32 Å². The van der Waals surface area contributed by atoms with Crippen molar-refractivity contribution < 1.29 is 29.3 Å². The van der Waals surface area contributed by atoms with E-state index in [-0.39, 0.29) is 18.9 Å². The Balaban J connectivity index is 2.67. The highest BCUT2D eigenvalue weighted by Crippen LogP contribution is 2.31. The topological polar surface area (TPSA) is 105 Å². The number of hydrogen-bond donors (Lipinski definition) is 3. The third kappa shape index (κ3) is 5.12. The van der Waals surface area contributed by atoms with Gasteiger partial charge in [0.05, 0.1) is 24.9 Å². The highest BCUT2D eigenvalue weighted by Gasteiger charge is 2.51. The van der Waals surface area contributed by atoms with Crippen molar-refractivity contribution in [3.05, 3.63) is 0 Å². The number of rotatable bonds is 8. The molecular weight excluding hydrogens is 310 g/mol. The first-order valence-electron chi connectivity index (χ1n) is 7.40. The van der Waals surface area contributed by atoms with Crippen LogP contribution in [0.3, 0.4) is 0 Å². The summed E-state index contributed by atoms with van der Waals surface area (Å²) in [6.07, 6.45) is -1.24. The Morgan fingerprint density at radius 3 is 2.68 bits per heavy atom. The molecule has 1 fully saturated rings. The molecule has 22 heavy (non-hydrogen) atoms. The molecule has 1 amide bonds. The molecule has 128 valence electrons. The van der Waals surface area contributed by atoms with E-state index in [2.05, 4.69) is 12.2 Å². The van der Waals surface area contributed by atoms with Crippen LogP contribution in [0.4, 0.5) is 0 Å². The van der Waals surface area contributed by atoms with Crippen LogP contribution in [0.25, 0.3) is 0 Å². The van der Waals surface area contributed by atoms with Crippen LogP contribution in [0.5, 0.6) is 0 Å². The molecule has 0 aromatic heterocycles. The molecule has 0 aromatic rings. The number of thioether (sulfide) groups is 1. The maximum Gasteiger partial charge on any atom is 0.364 e. The Kier molecular flexibility index (Phi) is 7.61. The summed E-state index contributed by atoms with van der Waals surface area (Å²) in [5.41, 5.74) is 0. The lowest BCUT2D eigenvalue weighted by atomic mass is 9.93. The average Bonchev–Trinajstić information content (AvgIpc) is 2.42. The first-order chi connectivity index (χ1) is 10.3. The van der Waals surface area contributed by atoms with Crippen LogP contribution in [0.15, 0.2) is 0 Å². The van der Waals surface area contributed by atoms with Crippen molar-refractivity contribution in [1.82, 2.24) is 5.32 Å². The fourth-order valence-corrected chi connectivity index (χ4v) is 3.03. The van der Waals surface area contributed by atoms with Gasteiger partial charge in [0, 0.05) is 13.3 Å². The number of carboxylic acid groups (broad SMARTS) is 1. The van der Waals surface area contributed by atoms with Crippen molar-refractivity contribution >= 4 is 23.6 Å². The highest BCUT2D eigenvalue weighted by molar-refractivity contribution is 7.99. The smallest absolute Gasteiger partial charge is 0.364 e. The summed E-state index contributed by atoms with van der Waals surface area (Å²) in [6.45, 7) is 5.23. The van der Waals surface area contributed by atoms with Crippen LogP contribution in [-0.4, -0.2) is 64.2 Å². The summed E-state index contributed by atoms with van der Waals surface area (Å²) < 4.78 is 11.0. The van der Waals surface area contributed by atoms with Gasteiger partial charge in [-0.25, -0.2) is 4.79 Å². The lowest BCUT2D eigenvalue weighted by molar-refractivity contribution is -0.292. The Hall–Kier alpha value is -0.830. The lowest BCUT2D eigenvalue weighted by Gasteiger charge is -2.43. The molecule has 1 saturated heterocycles. The quantitative estimate of drug-likeness (QED) is 0.558. The zero-order valence-corrected chi connectivity index (χ0v) is 14.0. The van der Waals surface area contributed by atoms with Gasteiger partial charge in [-0.3, -0.25) is 4.79 Å². The molecule has 3 N–H and O–H groups in total. The Morgan fingerprint density at radius 2 is 2.18 bits per heavy atom. The van der Waals surface area contributed by atoms with Crippen LogP contribution in [0.2, 0.25) is 0 Å². The third-order valence-corrected chi connectivity index (χ3v) is 4.43. The van der Waals surface area contributed by atoms with E-state index in [1.807, 2.05) is 0 Å². The minimum absolute atomic E-state index is 0.224. The van der Waals surface area contributed by atoms with Crippen molar-refractivity contribution in [2.45, 2.75) is 57.6 Å². The Bertz CT molecular complexity index is 380. The number of hydrogen-bond acceptors (Lipinski definition) is 6. The van der Waals surface area contributed by atoms with Crippen molar-refractivity contribution in [3.8, 4) is 0 Å². The monoisotopic (exact) mass is 335 g/mol. The van der Waals surface area contributed by atoms with Crippen molar-refractivity contribution in [2.75, 3.05) is 18.1 Å². The van der Waals surface area contributed by atoms with E-state index in [9.17, 15) is 19.8 Å².